The number of nitrogens with one attached hydrogen (secondary N) is 2. The third kappa shape index (κ3) is 5.90. The van der Waals surface area contributed by atoms with Gasteiger partial charge in [-0.1, -0.05) is 12.1 Å². The van der Waals surface area contributed by atoms with E-state index in [0.717, 1.165) is 16.3 Å². The first kappa shape index (κ1) is 17.3. The molecule has 0 aliphatic carbocycles. The molecule has 0 aliphatic heterocycles. The lowest BCUT2D eigenvalue weighted by molar-refractivity contribution is 0.0523. The third-order valence-electron chi connectivity index (χ3n) is 2.97. The molecule has 2 N–H and O–H groups in total. The van der Waals surface area contributed by atoms with E-state index in [0.29, 0.717) is 6.54 Å². The fraction of sp³-hybridized carbons (Fsp3) is 0.412. The van der Waals surface area contributed by atoms with Gasteiger partial charge in [0.15, 0.2) is 0 Å². The number of ether oxygens (including phenoxy) is 1. The van der Waals surface area contributed by atoms with Crippen LogP contribution in [0.1, 0.15) is 44.3 Å². The van der Waals surface area contributed by atoms with Crippen LogP contribution in [0, 0.1) is 0 Å². The Hall–Kier alpha value is -2.08. The number of hydrogen-bond acceptors (Lipinski definition) is 5. The minimum atomic E-state index is -0.489. The van der Waals surface area contributed by atoms with Gasteiger partial charge in [0.25, 0.3) is 0 Å². The summed E-state index contributed by atoms with van der Waals surface area (Å²) in [6.45, 7) is 8.03. The van der Waals surface area contributed by atoms with Gasteiger partial charge in [0.2, 0.25) is 0 Å². The lowest BCUT2D eigenvalue weighted by Crippen LogP contribution is -2.32. The predicted molar refractivity (Wildman–Crippen MR) is 93.7 cm³/mol. The average Bonchev–Trinajstić information content (AvgIpc) is 2.98. The molecular weight excluding hydrogens is 310 g/mol. The van der Waals surface area contributed by atoms with Gasteiger partial charge in [-0.15, -0.1) is 11.3 Å². The number of amides is 1. The molecule has 0 saturated carbocycles. The van der Waals surface area contributed by atoms with Gasteiger partial charge in [-0.05, 0) is 45.4 Å². The molecule has 6 heteroatoms. The number of rotatable bonds is 5. The average molecular weight is 333 g/mol. The Labute approximate surface area is 141 Å². The topological polar surface area (TPSA) is 63.2 Å². The fourth-order valence-electron chi connectivity index (χ4n) is 2.02. The van der Waals surface area contributed by atoms with Crippen molar-refractivity contribution in [2.45, 2.75) is 45.9 Å². The number of benzene rings is 1. The van der Waals surface area contributed by atoms with E-state index in [2.05, 4.69) is 22.5 Å². The second-order valence-electron chi connectivity index (χ2n) is 6.29. The number of aromatic nitrogens is 1. The van der Waals surface area contributed by atoms with Crippen LogP contribution in [0.25, 0.3) is 0 Å². The zero-order valence-electron chi connectivity index (χ0n) is 13.9. The molecule has 0 bridgehead atoms. The summed E-state index contributed by atoms with van der Waals surface area (Å²) in [6, 6.07) is 8.09. The van der Waals surface area contributed by atoms with E-state index < -0.39 is 11.7 Å². The molecule has 0 radical (unpaired) electrons. The molecule has 1 atom stereocenters. The summed E-state index contributed by atoms with van der Waals surface area (Å²) in [5.74, 6) is 0. The van der Waals surface area contributed by atoms with Gasteiger partial charge in [-0.25, -0.2) is 9.78 Å². The van der Waals surface area contributed by atoms with Gasteiger partial charge in [0, 0.05) is 23.8 Å². The molecule has 2 aromatic rings. The van der Waals surface area contributed by atoms with Crippen LogP contribution < -0.4 is 10.6 Å². The number of anilines is 1. The van der Waals surface area contributed by atoms with Gasteiger partial charge in [-0.2, -0.15) is 0 Å². The Balaban J connectivity index is 1.91. The van der Waals surface area contributed by atoms with E-state index in [-0.39, 0.29) is 6.04 Å². The van der Waals surface area contributed by atoms with Crippen LogP contribution in [0.2, 0.25) is 0 Å². The molecule has 1 heterocycles. The van der Waals surface area contributed by atoms with Gasteiger partial charge in [0.1, 0.15) is 10.6 Å². The van der Waals surface area contributed by atoms with Crippen LogP contribution in [-0.4, -0.2) is 16.7 Å². The predicted octanol–water partition coefficient (Wildman–Crippen LogP) is 4.34. The lowest BCUT2D eigenvalue weighted by atomic mass is 10.2. The van der Waals surface area contributed by atoms with Crippen molar-refractivity contribution in [1.82, 2.24) is 10.3 Å². The van der Waals surface area contributed by atoms with E-state index in [1.165, 1.54) is 0 Å². The number of nitrogens with zero attached hydrogens (tertiary/aromatic N) is 1. The van der Waals surface area contributed by atoms with Crippen LogP contribution in [0.15, 0.2) is 35.8 Å². The summed E-state index contributed by atoms with van der Waals surface area (Å²) in [5.41, 5.74) is 1.51. The van der Waals surface area contributed by atoms with Gasteiger partial charge >= 0.3 is 6.09 Å². The Bertz CT molecular complexity index is 636. The standard InChI is InChI=1S/C17H23N3O2S/c1-12(15-18-8-9-23-15)20-14-7-5-6-13(10-14)11-19-16(21)22-17(2,3)4/h5-10,12,20H,11H2,1-4H3,(H,19,21). The van der Waals surface area contributed by atoms with E-state index in [1.54, 1.807) is 17.5 Å². The number of thiazole rings is 1. The monoisotopic (exact) mass is 333 g/mol. The zero-order chi connectivity index (χ0) is 16.9. The molecule has 124 valence electrons. The number of carbonyl (C=O) groups is 1. The maximum atomic E-state index is 11.7. The summed E-state index contributed by atoms with van der Waals surface area (Å²) in [5, 5.41) is 9.19. The van der Waals surface area contributed by atoms with Crippen LogP contribution >= 0.6 is 11.3 Å². The highest BCUT2D eigenvalue weighted by molar-refractivity contribution is 7.09. The first-order chi connectivity index (χ1) is 10.8. The van der Waals surface area contributed by atoms with Crippen LogP contribution in [0.3, 0.4) is 0 Å². The molecule has 1 amide bonds. The van der Waals surface area contributed by atoms with Crippen molar-refractivity contribution in [3.63, 3.8) is 0 Å². The van der Waals surface area contributed by atoms with Crippen molar-refractivity contribution >= 4 is 23.1 Å². The first-order valence-electron chi connectivity index (χ1n) is 7.55. The third-order valence-corrected chi connectivity index (χ3v) is 3.93. The SMILES string of the molecule is CC(Nc1cccc(CNC(=O)OC(C)(C)C)c1)c1nccs1. The number of carbonyl (C=O) groups excluding carboxylic acids is 1. The molecule has 1 unspecified atom stereocenters. The molecule has 0 aliphatic rings. The molecule has 23 heavy (non-hydrogen) atoms. The molecule has 1 aromatic carbocycles. The highest BCUT2D eigenvalue weighted by atomic mass is 32.1. The first-order valence-corrected chi connectivity index (χ1v) is 8.43. The molecule has 0 fully saturated rings. The molecule has 0 spiro atoms. The molecule has 0 saturated heterocycles. The summed E-state index contributed by atoms with van der Waals surface area (Å²) in [4.78, 5) is 16.0. The Morgan fingerprint density at radius 2 is 2.17 bits per heavy atom. The minimum absolute atomic E-state index is 0.143. The maximum Gasteiger partial charge on any atom is 0.407 e. The summed E-state index contributed by atoms with van der Waals surface area (Å²) < 4.78 is 5.23. The highest BCUT2D eigenvalue weighted by Crippen LogP contribution is 2.21. The van der Waals surface area contributed by atoms with Crippen molar-refractivity contribution < 1.29 is 9.53 Å². The number of alkyl carbamates (subject to hydrolysis) is 1. The van der Waals surface area contributed by atoms with Gasteiger partial charge < -0.3 is 15.4 Å². The molecule has 1 aromatic heterocycles. The van der Waals surface area contributed by atoms with E-state index in [1.807, 2.05) is 50.4 Å². The van der Waals surface area contributed by atoms with Crippen molar-refractivity contribution in [2.75, 3.05) is 5.32 Å². The number of hydrogen-bond donors (Lipinski definition) is 2. The van der Waals surface area contributed by atoms with Gasteiger partial charge in [0.05, 0.1) is 6.04 Å². The van der Waals surface area contributed by atoms with Crippen LogP contribution in [0.4, 0.5) is 10.5 Å². The van der Waals surface area contributed by atoms with E-state index in [9.17, 15) is 4.79 Å². The lowest BCUT2D eigenvalue weighted by Gasteiger charge is -2.20. The van der Waals surface area contributed by atoms with Crippen LogP contribution in [-0.2, 0) is 11.3 Å². The quantitative estimate of drug-likeness (QED) is 0.854. The Morgan fingerprint density at radius 1 is 1.39 bits per heavy atom. The molecule has 5 nitrogen and oxygen atoms in total. The van der Waals surface area contributed by atoms with Crippen molar-refractivity contribution in [2.24, 2.45) is 0 Å². The van der Waals surface area contributed by atoms with Crippen LogP contribution in [0.5, 0.6) is 0 Å². The highest BCUT2D eigenvalue weighted by Gasteiger charge is 2.15. The largest absolute Gasteiger partial charge is 0.444 e. The van der Waals surface area contributed by atoms with Crippen molar-refractivity contribution in [3.05, 3.63) is 46.4 Å². The summed E-state index contributed by atoms with van der Waals surface area (Å²) in [7, 11) is 0. The maximum absolute atomic E-state index is 11.7. The van der Waals surface area contributed by atoms with E-state index >= 15 is 0 Å². The van der Waals surface area contributed by atoms with E-state index in [4.69, 9.17) is 4.74 Å². The smallest absolute Gasteiger partial charge is 0.407 e. The second-order valence-corrected chi connectivity index (χ2v) is 7.22. The fourth-order valence-corrected chi connectivity index (χ4v) is 2.67. The molecular formula is C17H23N3O2S. The second kappa shape index (κ2) is 7.46. The summed E-state index contributed by atoms with van der Waals surface area (Å²) >= 11 is 1.63. The Morgan fingerprint density at radius 3 is 2.83 bits per heavy atom. The van der Waals surface area contributed by atoms with Crippen molar-refractivity contribution in [1.29, 1.82) is 0 Å². The molecule has 2 rings (SSSR count). The van der Waals surface area contributed by atoms with Crippen molar-refractivity contribution in [3.8, 4) is 0 Å². The Kier molecular flexibility index (Phi) is 5.60. The zero-order valence-corrected chi connectivity index (χ0v) is 14.7. The summed E-state index contributed by atoms with van der Waals surface area (Å²) in [6.07, 6.45) is 1.39. The van der Waals surface area contributed by atoms with Gasteiger partial charge in [-0.3, -0.25) is 0 Å². The minimum Gasteiger partial charge on any atom is -0.444 e. The normalized spacial score (nSPS) is 12.5.